The van der Waals surface area contributed by atoms with E-state index in [4.69, 9.17) is 16.3 Å². The smallest absolute Gasteiger partial charge is 0.130 e. The van der Waals surface area contributed by atoms with Crippen molar-refractivity contribution in [2.45, 2.75) is 39.8 Å². The lowest BCUT2D eigenvalue weighted by atomic mass is 10.1. The zero-order valence-corrected chi connectivity index (χ0v) is 13.8. The molecule has 0 unspecified atom stereocenters. The van der Waals surface area contributed by atoms with E-state index in [2.05, 4.69) is 26.1 Å². The van der Waals surface area contributed by atoms with Gasteiger partial charge in [-0.05, 0) is 57.0 Å². The molecule has 0 aliphatic rings. The SMILES string of the molecule is Cc1ccccc1Oc1ccc(CNC(C)(C)C)c(Cl)c1. The fourth-order valence-corrected chi connectivity index (χ4v) is 2.13. The Labute approximate surface area is 132 Å². The Hall–Kier alpha value is -1.51. The van der Waals surface area contributed by atoms with Gasteiger partial charge in [-0.3, -0.25) is 0 Å². The van der Waals surface area contributed by atoms with Crippen LogP contribution in [0.5, 0.6) is 11.5 Å². The molecule has 0 atom stereocenters. The Bertz CT molecular complexity index is 617. The van der Waals surface area contributed by atoms with Gasteiger partial charge in [-0.15, -0.1) is 0 Å². The van der Waals surface area contributed by atoms with Gasteiger partial charge in [0.1, 0.15) is 11.5 Å². The standard InChI is InChI=1S/C18H22ClNO/c1-13-7-5-6-8-17(13)21-15-10-9-14(16(19)11-15)12-20-18(2,3)4/h5-11,20H,12H2,1-4H3. The molecule has 0 bridgehead atoms. The van der Waals surface area contributed by atoms with E-state index in [9.17, 15) is 0 Å². The molecule has 3 heteroatoms. The number of rotatable bonds is 4. The largest absolute Gasteiger partial charge is 0.457 e. The van der Waals surface area contributed by atoms with Crippen LogP contribution in [-0.4, -0.2) is 5.54 Å². The second-order valence-electron chi connectivity index (χ2n) is 6.22. The topological polar surface area (TPSA) is 21.3 Å². The first-order chi connectivity index (χ1) is 9.85. The Morgan fingerprint density at radius 3 is 2.43 bits per heavy atom. The predicted molar refractivity (Wildman–Crippen MR) is 89.3 cm³/mol. The quantitative estimate of drug-likeness (QED) is 0.824. The maximum atomic E-state index is 6.34. The number of nitrogens with one attached hydrogen (secondary N) is 1. The first-order valence-corrected chi connectivity index (χ1v) is 7.50. The molecule has 0 saturated carbocycles. The predicted octanol–water partition coefficient (Wildman–Crippen LogP) is 5.33. The monoisotopic (exact) mass is 303 g/mol. The lowest BCUT2D eigenvalue weighted by Gasteiger charge is -2.21. The zero-order chi connectivity index (χ0) is 15.5. The summed E-state index contributed by atoms with van der Waals surface area (Å²) in [6.45, 7) is 9.18. The number of benzene rings is 2. The molecule has 0 amide bonds. The number of halogens is 1. The van der Waals surface area contributed by atoms with Gasteiger partial charge in [0.15, 0.2) is 0 Å². The van der Waals surface area contributed by atoms with E-state index in [0.717, 1.165) is 34.2 Å². The van der Waals surface area contributed by atoms with Crippen LogP contribution < -0.4 is 10.1 Å². The van der Waals surface area contributed by atoms with Crippen LogP contribution in [0.2, 0.25) is 5.02 Å². The van der Waals surface area contributed by atoms with E-state index < -0.39 is 0 Å². The lowest BCUT2D eigenvalue weighted by molar-refractivity contribution is 0.424. The number of ether oxygens (including phenoxy) is 1. The fraction of sp³-hybridized carbons (Fsp3) is 0.333. The molecule has 2 aromatic rings. The first kappa shape index (κ1) is 15.9. The van der Waals surface area contributed by atoms with Crippen LogP contribution in [0.1, 0.15) is 31.9 Å². The van der Waals surface area contributed by atoms with Gasteiger partial charge < -0.3 is 10.1 Å². The van der Waals surface area contributed by atoms with E-state index in [0.29, 0.717) is 0 Å². The highest BCUT2D eigenvalue weighted by Gasteiger charge is 2.10. The molecule has 1 N–H and O–H groups in total. The minimum atomic E-state index is 0.0691. The normalized spacial score (nSPS) is 11.5. The number of para-hydroxylation sites is 1. The molecule has 0 fully saturated rings. The highest BCUT2D eigenvalue weighted by Crippen LogP contribution is 2.28. The minimum Gasteiger partial charge on any atom is -0.457 e. The van der Waals surface area contributed by atoms with E-state index >= 15 is 0 Å². The minimum absolute atomic E-state index is 0.0691. The molecular formula is C18H22ClNO. The van der Waals surface area contributed by atoms with Crippen molar-refractivity contribution in [2.24, 2.45) is 0 Å². The van der Waals surface area contributed by atoms with Crippen molar-refractivity contribution >= 4 is 11.6 Å². The summed E-state index contributed by atoms with van der Waals surface area (Å²) in [5.41, 5.74) is 2.25. The van der Waals surface area contributed by atoms with Crippen molar-refractivity contribution in [2.75, 3.05) is 0 Å². The van der Waals surface area contributed by atoms with Crippen LogP contribution in [0.4, 0.5) is 0 Å². The first-order valence-electron chi connectivity index (χ1n) is 7.12. The number of hydrogen-bond acceptors (Lipinski definition) is 2. The van der Waals surface area contributed by atoms with Gasteiger partial charge in [-0.2, -0.15) is 0 Å². The van der Waals surface area contributed by atoms with E-state index in [1.807, 2.05) is 49.4 Å². The van der Waals surface area contributed by atoms with Gasteiger partial charge in [-0.1, -0.05) is 35.9 Å². The molecule has 0 aliphatic heterocycles. The molecule has 0 aliphatic carbocycles. The third-order valence-corrected chi connectivity index (χ3v) is 3.51. The molecule has 0 aromatic heterocycles. The molecule has 2 rings (SSSR count). The Balaban J connectivity index is 2.10. The average Bonchev–Trinajstić information content (AvgIpc) is 2.39. The lowest BCUT2D eigenvalue weighted by Crippen LogP contribution is -2.35. The van der Waals surface area contributed by atoms with Crippen LogP contribution in [0.3, 0.4) is 0 Å². The van der Waals surface area contributed by atoms with Gasteiger partial charge in [0.25, 0.3) is 0 Å². The molecule has 2 nitrogen and oxygen atoms in total. The third kappa shape index (κ3) is 4.76. The summed E-state index contributed by atoms with van der Waals surface area (Å²) in [4.78, 5) is 0. The van der Waals surface area contributed by atoms with Crippen molar-refractivity contribution < 1.29 is 4.74 Å². The van der Waals surface area contributed by atoms with Crippen molar-refractivity contribution in [3.8, 4) is 11.5 Å². The van der Waals surface area contributed by atoms with Gasteiger partial charge in [0.2, 0.25) is 0 Å². The molecule has 2 aromatic carbocycles. The second-order valence-corrected chi connectivity index (χ2v) is 6.63. The molecule has 112 valence electrons. The summed E-state index contributed by atoms with van der Waals surface area (Å²) in [5, 5.41) is 4.15. The van der Waals surface area contributed by atoms with Crippen LogP contribution in [-0.2, 0) is 6.54 Å². The second kappa shape index (κ2) is 6.50. The van der Waals surface area contributed by atoms with Crippen molar-refractivity contribution in [1.29, 1.82) is 0 Å². The summed E-state index contributed by atoms with van der Waals surface area (Å²) in [7, 11) is 0. The van der Waals surface area contributed by atoms with E-state index in [-0.39, 0.29) is 5.54 Å². The molecular weight excluding hydrogens is 282 g/mol. The molecule has 0 heterocycles. The van der Waals surface area contributed by atoms with Gasteiger partial charge in [-0.25, -0.2) is 0 Å². The summed E-state index contributed by atoms with van der Waals surface area (Å²) in [5.74, 6) is 1.61. The molecule has 0 radical (unpaired) electrons. The van der Waals surface area contributed by atoms with Crippen LogP contribution in [0.25, 0.3) is 0 Å². The third-order valence-electron chi connectivity index (χ3n) is 3.16. The van der Waals surface area contributed by atoms with Crippen LogP contribution in [0, 0.1) is 6.92 Å². The highest BCUT2D eigenvalue weighted by molar-refractivity contribution is 6.31. The maximum Gasteiger partial charge on any atom is 0.130 e. The maximum absolute atomic E-state index is 6.34. The zero-order valence-electron chi connectivity index (χ0n) is 13.0. The van der Waals surface area contributed by atoms with Crippen LogP contribution >= 0.6 is 11.6 Å². The van der Waals surface area contributed by atoms with Crippen molar-refractivity contribution in [1.82, 2.24) is 5.32 Å². The van der Waals surface area contributed by atoms with E-state index in [1.165, 1.54) is 0 Å². The molecule has 0 spiro atoms. The highest BCUT2D eigenvalue weighted by atomic mass is 35.5. The number of hydrogen-bond donors (Lipinski definition) is 1. The molecule has 0 saturated heterocycles. The summed E-state index contributed by atoms with van der Waals surface area (Å²) in [6.07, 6.45) is 0. The van der Waals surface area contributed by atoms with Crippen molar-refractivity contribution in [3.63, 3.8) is 0 Å². The van der Waals surface area contributed by atoms with Gasteiger partial charge in [0.05, 0.1) is 0 Å². The number of aryl methyl sites for hydroxylation is 1. The van der Waals surface area contributed by atoms with Crippen molar-refractivity contribution in [3.05, 3.63) is 58.6 Å². The van der Waals surface area contributed by atoms with Gasteiger partial charge >= 0.3 is 0 Å². The summed E-state index contributed by atoms with van der Waals surface area (Å²) in [6, 6.07) is 13.8. The Kier molecular flexibility index (Phi) is 4.92. The summed E-state index contributed by atoms with van der Waals surface area (Å²) < 4.78 is 5.89. The summed E-state index contributed by atoms with van der Waals surface area (Å²) >= 11 is 6.34. The average molecular weight is 304 g/mol. The fourth-order valence-electron chi connectivity index (χ4n) is 1.89. The van der Waals surface area contributed by atoms with E-state index in [1.54, 1.807) is 0 Å². The Morgan fingerprint density at radius 2 is 1.81 bits per heavy atom. The Morgan fingerprint density at radius 1 is 1.10 bits per heavy atom. The molecule has 21 heavy (non-hydrogen) atoms. The van der Waals surface area contributed by atoms with Gasteiger partial charge in [0, 0.05) is 17.1 Å². The van der Waals surface area contributed by atoms with Crippen LogP contribution in [0.15, 0.2) is 42.5 Å².